The molecule has 0 aliphatic rings. The van der Waals surface area contributed by atoms with Crippen LogP contribution in [0.2, 0.25) is 0 Å². The first-order valence-corrected chi connectivity index (χ1v) is 11.3. The van der Waals surface area contributed by atoms with Crippen LogP contribution in [0.15, 0.2) is 30.3 Å². The quantitative estimate of drug-likeness (QED) is 0.491. The van der Waals surface area contributed by atoms with Crippen molar-refractivity contribution in [3.05, 3.63) is 58.4 Å². The van der Waals surface area contributed by atoms with Crippen LogP contribution in [0.25, 0.3) is 10.2 Å². The van der Waals surface area contributed by atoms with E-state index < -0.39 is 0 Å². The van der Waals surface area contributed by atoms with E-state index in [0.717, 1.165) is 41.0 Å². The topological polar surface area (TPSA) is 36.4 Å². The minimum absolute atomic E-state index is 0.00308. The van der Waals surface area contributed by atoms with Crippen LogP contribution in [0.3, 0.4) is 0 Å². The summed E-state index contributed by atoms with van der Waals surface area (Å²) in [6.07, 6.45) is 0.314. The maximum absolute atomic E-state index is 14.2. The van der Waals surface area contributed by atoms with Gasteiger partial charge >= 0.3 is 0 Å². The Morgan fingerprint density at radius 1 is 1.07 bits per heavy atom. The van der Waals surface area contributed by atoms with Crippen molar-refractivity contribution in [3.63, 3.8) is 0 Å². The number of nitrogens with zero attached hydrogens (tertiary/aromatic N) is 3. The van der Waals surface area contributed by atoms with E-state index in [2.05, 4.69) is 56.6 Å². The molecule has 160 valence electrons. The molecule has 0 spiro atoms. The summed E-state index contributed by atoms with van der Waals surface area (Å²) in [6, 6.07) is 9.17. The number of halogens is 1. The standard InChI is InChI=1S/C24H30FN3OS/c1-6-27(7-2)11-12-28(24-26-23-20(25)9-8-10-21(23)30-24)22(29)15-19-17(4)13-16(3)14-18(19)5/h8-10,13-14H,6-7,11-12,15H2,1-5H3. The number of hydrogen-bond donors (Lipinski definition) is 0. The molecule has 3 rings (SSSR count). The molecule has 1 amide bonds. The molecule has 3 aromatic rings. The lowest BCUT2D eigenvalue weighted by molar-refractivity contribution is -0.118. The van der Waals surface area contributed by atoms with Crippen LogP contribution >= 0.6 is 11.3 Å². The number of carbonyl (C=O) groups is 1. The molecule has 0 fully saturated rings. The second-order valence-electron chi connectivity index (χ2n) is 7.71. The number of rotatable bonds is 8. The lowest BCUT2D eigenvalue weighted by Gasteiger charge is -2.25. The average Bonchev–Trinajstić information content (AvgIpc) is 3.13. The number of thiazole rings is 1. The Kier molecular flexibility index (Phi) is 7.21. The summed E-state index contributed by atoms with van der Waals surface area (Å²) in [5.41, 5.74) is 4.84. The molecule has 0 saturated heterocycles. The van der Waals surface area contributed by atoms with Crippen molar-refractivity contribution in [2.75, 3.05) is 31.1 Å². The fraction of sp³-hybridized carbons (Fsp3) is 0.417. The Labute approximate surface area is 182 Å². The highest BCUT2D eigenvalue weighted by Crippen LogP contribution is 2.31. The third-order valence-electron chi connectivity index (χ3n) is 5.59. The molecule has 1 heterocycles. The number of benzene rings is 2. The molecule has 0 aliphatic carbocycles. The molecule has 30 heavy (non-hydrogen) atoms. The SMILES string of the molecule is CCN(CC)CCN(C(=O)Cc1c(C)cc(C)cc1C)c1nc2c(F)cccc2s1. The first-order valence-electron chi connectivity index (χ1n) is 10.5. The predicted molar refractivity (Wildman–Crippen MR) is 124 cm³/mol. The number of para-hydroxylation sites is 1. The number of carbonyl (C=O) groups excluding carboxylic acids is 1. The van der Waals surface area contributed by atoms with Gasteiger partial charge in [-0.3, -0.25) is 9.69 Å². The number of likely N-dealkylation sites (N-methyl/N-ethyl adjacent to an activating group) is 1. The monoisotopic (exact) mass is 427 g/mol. The summed E-state index contributed by atoms with van der Waals surface area (Å²) in [5.74, 6) is -0.354. The smallest absolute Gasteiger partial charge is 0.233 e. The molecule has 1 aromatic heterocycles. The predicted octanol–water partition coefficient (Wildman–Crippen LogP) is 5.28. The number of hydrogen-bond acceptors (Lipinski definition) is 4. The third-order valence-corrected chi connectivity index (χ3v) is 6.64. The van der Waals surface area contributed by atoms with E-state index in [0.29, 0.717) is 23.6 Å². The van der Waals surface area contributed by atoms with Gasteiger partial charge in [-0.15, -0.1) is 0 Å². The van der Waals surface area contributed by atoms with Crippen LogP contribution in [0, 0.1) is 26.6 Å². The number of anilines is 1. The van der Waals surface area contributed by atoms with Crippen LogP contribution in [-0.2, 0) is 11.2 Å². The first-order chi connectivity index (χ1) is 14.3. The van der Waals surface area contributed by atoms with E-state index in [4.69, 9.17) is 0 Å². The number of amides is 1. The van der Waals surface area contributed by atoms with Gasteiger partial charge in [0.05, 0.1) is 11.1 Å². The molecule has 6 heteroatoms. The first kappa shape index (κ1) is 22.4. The maximum Gasteiger partial charge on any atom is 0.233 e. The Morgan fingerprint density at radius 2 is 1.73 bits per heavy atom. The summed E-state index contributed by atoms with van der Waals surface area (Å²) in [5, 5.41) is 0.565. The molecule has 0 aliphatic heterocycles. The third kappa shape index (κ3) is 4.87. The number of fused-ring (bicyclic) bond motifs is 1. The molecular weight excluding hydrogens is 397 g/mol. The number of aromatic nitrogens is 1. The lowest BCUT2D eigenvalue weighted by Crippen LogP contribution is -2.39. The summed E-state index contributed by atoms with van der Waals surface area (Å²) >= 11 is 1.37. The molecule has 0 radical (unpaired) electrons. The van der Waals surface area contributed by atoms with Crippen molar-refractivity contribution >= 4 is 32.6 Å². The average molecular weight is 428 g/mol. The van der Waals surface area contributed by atoms with Crippen molar-refractivity contribution < 1.29 is 9.18 Å². The van der Waals surface area contributed by atoms with Gasteiger partial charge in [-0.05, 0) is 62.7 Å². The van der Waals surface area contributed by atoms with Gasteiger partial charge in [-0.2, -0.15) is 0 Å². The van der Waals surface area contributed by atoms with Gasteiger partial charge in [0.15, 0.2) is 5.13 Å². The van der Waals surface area contributed by atoms with E-state index in [1.165, 1.54) is 23.0 Å². The van der Waals surface area contributed by atoms with Gasteiger partial charge in [-0.1, -0.05) is 48.9 Å². The molecule has 0 atom stereocenters. The Balaban J connectivity index is 1.94. The van der Waals surface area contributed by atoms with Crippen molar-refractivity contribution in [3.8, 4) is 0 Å². The highest BCUT2D eigenvalue weighted by molar-refractivity contribution is 7.22. The number of aryl methyl sites for hydroxylation is 3. The van der Waals surface area contributed by atoms with Crippen molar-refractivity contribution in [2.45, 2.75) is 41.0 Å². The van der Waals surface area contributed by atoms with Crippen LogP contribution < -0.4 is 4.90 Å². The van der Waals surface area contributed by atoms with Crippen LogP contribution in [0.1, 0.15) is 36.1 Å². The maximum atomic E-state index is 14.2. The van der Waals surface area contributed by atoms with E-state index >= 15 is 0 Å². The Morgan fingerprint density at radius 3 is 2.33 bits per heavy atom. The summed E-state index contributed by atoms with van der Waals surface area (Å²) in [6.45, 7) is 13.5. The lowest BCUT2D eigenvalue weighted by atomic mass is 9.97. The van der Waals surface area contributed by atoms with Gasteiger partial charge in [-0.25, -0.2) is 9.37 Å². The van der Waals surface area contributed by atoms with E-state index in [-0.39, 0.29) is 11.7 Å². The van der Waals surface area contributed by atoms with Crippen LogP contribution in [-0.4, -0.2) is 42.0 Å². The van der Waals surface area contributed by atoms with Crippen molar-refractivity contribution in [2.24, 2.45) is 0 Å². The highest BCUT2D eigenvalue weighted by atomic mass is 32.1. The molecule has 2 aromatic carbocycles. The van der Waals surface area contributed by atoms with E-state index in [9.17, 15) is 9.18 Å². The summed E-state index contributed by atoms with van der Waals surface area (Å²) in [7, 11) is 0. The van der Waals surface area contributed by atoms with Crippen LogP contribution in [0.4, 0.5) is 9.52 Å². The van der Waals surface area contributed by atoms with Gasteiger partial charge in [0, 0.05) is 13.1 Å². The molecule has 4 nitrogen and oxygen atoms in total. The van der Waals surface area contributed by atoms with Crippen molar-refractivity contribution in [1.82, 2.24) is 9.88 Å². The molecule has 0 bridgehead atoms. The normalized spacial score (nSPS) is 11.4. The fourth-order valence-electron chi connectivity index (χ4n) is 3.86. The second kappa shape index (κ2) is 9.67. The van der Waals surface area contributed by atoms with Gasteiger partial charge in [0.1, 0.15) is 11.3 Å². The summed E-state index contributed by atoms with van der Waals surface area (Å²) in [4.78, 5) is 21.9. The van der Waals surface area contributed by atoms with E-state index in [1.54, 1.807) is 11.0 Å². The summed E-state index contributed by atoms with van der Waals surface area (Å²) < 4.78 is 15.0. The largest absolute Gasteiger partial charge is 0.302 e. The Bertz CT molecular complexity index is 1020. The van der Waals surface area contributed by atoms with Gasteiger partial charge in [0.25, 0.3) is 0 Å². The van der Waals surface area contributed by atoms with Crippen molar-refractivity contribution in [1.29, 1.82) is 0 Å². The zero-order valence-corrected chi connectivity index (χ0v) is 19.3. The van der Waals surface area contributed by atoms with Crippen LogP contribution in [0.5, 0.6) is 0 Å². The minimum Gasteiger partial charge on any atom is -0.302 e. The molecule has 0 N–H and O–H groups in total. The molecule has 0 unspecified atom stereocenters. The molecule has 0 saturated carbocycles. The zero-order chi connectivity index (χ0) is 21.8. The minimum atomic E-state index is -0.351. The second-order valence-corrected chi connectivity index (χ2v) is 8.72. The zero-order valence-electron chi connectivity index (χ0n) is 18.5. The highest BCUT2D eigenvalue weighted by Gasteiger charge is 2.22. The molecular formula is C24H30FN3OS. The van der Waals surface area contributed by atoms with E-state index in [1.807, 2.05) is 6.07 Å². The van der Waals surface area contributed by atoms with Gasteiger partial charge < -0.3 is 4.90 Å². The Hall–Kier alpha value is -2.31. The fourth-order valence-corrected chi connectivity index (χ4v) is 4.89. The van der Waals surface area contributed by atoms with Gasteiger partial charge in [0.2, 0.25) is 5.91 Å².